The minimum atomic E-state index is -4.76. The second-order valence-electron chi connectivity index (χ2n) is 4.49. The molecule has 0 spiro atoms. The standard InChI is InChI=1S/C15H12F3NO3/c16-15(17,18)22-10-7-5-9(6-8-10)13(19)11-3-1-2-4-12(11)14(20)21/h1-8,13H,19H2,(H,20,21)/t13-/m1/s1. The molecule has 116 valence electrons. The molecular weight excluding hydrogens is 299 g/mol. The molecule has 0 heterocycles. The smallest absolute Gasteiger partial charge is 0.478 e. The summed E-state index contributed by atoms with van der Waals surface area (Å²) in [7, 11) is 0. The van der Waals surface area contributed by atoms with Crippen LogP contribution in [0.3, 0.4) is 0 Å². The topological polar surface area (TPSA) is 72.5 Å². The first-order valence-electron chi connectivity index (χ1n) is 6.21. The molecule has 22 heavy (non-hydrogen) atoms. The van der Waals surface area contributed by atoms with E-state index in [1.54, 1.807) is 18.2 Å². The number of nitrogens with two attached hydrogens (primary N) is 1. The van der Waals surface area contributed by atoms with E-state index in [9.17, 15) is 18.0 Å². The van der Waals surface area contributed by atoms with Crippen LogP contribution >= 0.6 is 0 Å². The van der Waals surface area contributed by atoms with E-state index in [-0.39, 0.29) is 11.3 Å². The molecule has 0 aliphatic rings. The molecule has 2 aromatic carbocycles. The van der Waals surface area contributed by atoms with E-state index in [2.05, 4.69) is 4.74 Å². The van der Waals surface area contributed by atoms with E-state index in [1.165, 1.54) is 18.2 Å². The van der Waals surface area contributed by atoms with Gasteiger partial charge in [-0.1, -0.05) is 30.3 Å². The first-order chi connectivity index (χ1) is 10.3. The van der Waals surface area contributed by atoms with Crippen LogP contribution in [-0.4, -0.2) is 17.4 Å². The molecule has 1 atom stereocenters. The Bertz CT molecular complexity index is 668. The summed E-state index contributed by atoms with van der Waals surface area (Å²) in [6.07, 6.45) is -4.76. The van der Waals surface area contributed by atoms with Crippen LogP contribution in [0.2, 0.25) is 0 Å². The van der Waals surface area contributed by atoms with Crippen LogP contribution in [-0.2, 0) is 0 Å². The van der Waals surface area contributed by atoms with Gasteiger partial charge in [0.2, 0.25) is 0 Å². The Kier molecular flexibility index (Phi) is 4.37. The molecule has 2 rings (SSSR count). The molecule has 0 saturated carbocycles. The molecule has 0 unspecified atom stereocenters. The minimum Gasteiger partial charge on any atom is -0.478 e. The summed E-state index contributed by atoms with van der Waals surface area (Å²) in [6, 6.07) is 10.4. The predicted octanol–water partition coefficient (Wildman–Crippen LogP) is 3.33. The zero-order valence-corrected chi connectivity index (χ0v) is 11.2. The summed E-state index contributed by atoms with van der Waals surface area (Å²) in [4.78, 5) is 11.2. The van der Waals surface area contributed by atoms with Gasteiger partial charge in [-0.25, -0.2) is 4.79 Å². The van der Waals surface area contributed by atoms with Crippen molar-refractivity contribution in [2.75, 3.05) is 0 Å². The molecule has 0 aliphatic heterocycles. The van der Waals surface area contributed by atoms with Gasteiger partial charge in [0.25, 0.3) is 0 Å². The van der Waals surface area contributed by atoms with Crippen LogP contribution < -0.4 is 10.5 Å². The van der Waals surface area contributed by atoms with E-state index < -0.39 is 18.4 Å². The van der Waals surface area contributed by atoms with Crippen LogP contribution in [0.1, 0.15) is 27.5 Å². The Balaban J connectivity index is 2.27. The highest BCUT2D eigenvalue weighted by Crippen LogP contribution is 2.27. The maximum atomic E-state index is 12.1. The van der Waals surface area contributed by atoms with Crippen LogP contribution in [0.25, 0.3) is 0 Å². The number of hydrogen-bond donors (Lipinski definition) is 2. The first-order valence-corrected chi connectivity index (χ1v) is 6.21. The third-order valence-corrected chi connectivity index (χ3v) is 3.00. The summed E-state index contributed by atoms with van der Waals surface area (Å²) in [5, 5.41) is 9.13. The average molecular weight is 311 g/mol. The van der Waals surface area contributed by atoms with Gasteiger partial charge >= 0.3 is 12.3 Å². The third kappa shape index (κ3) is 3.76. The van der Waals surface area contributed by atoms with Gasteiger partial charge in [0.1, 0.15) is 5.75 Å². The van der Waals surface area contributed by atoms with Gasteiger partial charge in [-0.05, 0) is 29.3 Å². The zero-order chi connectivity index (χ0) is 16.3. The number of carboxylic acids is 1. The van der Waals surface area contributed by atoms with E-state index in [0.717, 1.165) is 12.1 Å². The monoisotopic (exact) mass is 311 g/mol. The fraction of sp³-hybridized carbons (Fsp3) is 0.133. The molecule has 0 aliphatic carbocycles. The molecule has 0 radical (unpaired) electrons. The summed E-state index contributed by atoms with van der Waals surface area (Å²) < 4.78 is 40.1. The minimum absolute atomic E-state index is 0.0469. The zero-order valence-electron chi connectivity index (χ0n) is 11.2. The molecule has 4 nitrogen and oxygen atoms in total. The quantitative estimate of drug-likeness (QED) is 0.908. The summed E-state index contributed by atoms with van der Waals surface area (Å²) >= 11 is 0. The van der Waals surface area contributed by atoms with Crippen molar-refractivity contribution in [2.24, 2.45) is 5.73 Å². The first kappa shape index (κ1) is 15.8. The fourth-order valence-electron chi connectivity index (χ4n) is 2.02. The Morgan fingerprint density at radius 1 is 1.09 bits per heavy atom. The Morgan fingerprint density at radius 2 is 1.68 bits per heavy atom. The SMILES string of the molecule is N[C@H](c1ccc(OC(F)(F)F)cc1)c1ccccc1C(=O)O. The Hall–Kier alpha value is -2.54. The molecule has 0 fully saturated rings. The molecular formula is C15H12F3NO3. The number of alkyl halides is 3. The Morgan fingerprint density at radius 3 is 2.23 bits per heavy atom. The van der Waals surface area contributed by atoms with E-state index >= 15 is 0 Å². The van der Waals surface area contributed by atoms with Gasteiger partial charge in [-0.15, -0.1) is 13.2 Å². The molecule has 7 heteroatoms. The lowest BCUT2D eigenvalue weighted by Crippen LogP contribution is -2.18. The lowest BCUT2D eigenvalue weighted by Gasteiger charge is -2.16. The van der Waals surface area contributed by atoms with Crippen molar-refractivity contribution < 1.29 is 27.8 Å². The number of aromatic carboxylic acids is 1. The van der Waals surface area contributed by atoms with Crippen molar-refractivity contribution in [2.45, 2.75) is 12.4 Å². The van der Waals surface area contributed by atoms with Gasteiger partial charge in [-0.2, -0.15) is 0 Å². The number of benzene rings is 2. The lowest BCUT2D eigenvalue weighted by atomic mass is 9.95. The molecule has 0 bridgehead atoms. The van der Waals surface area contributed by atoms with Gasteiger partial charge in [0.15, 0.2) is 0 Å². The summed E-state index contributed by atoms with van der Waals surface area (Å²) in [5.41, 5.74) is 6.90. The highest BCUT2D eigenvalue weighted by molar-refractivity contribution is 5.89. The summed E-state index contributed by atoms with van der Waals surface area (Å²) in [6.45, 7) is 0. The number of hydrogen-bond acceptors (Lipinski definition) is 3. The number of halogens is 3. The number of ether oxygens (including phenoxy) is 1. The van der Waals surface area contributed by atoms with Crippen molar-refractivity contribution in [3.05, 3.63) is 65.2 Å². The molecule has 0 aromatic heterocycles. The van der Waals surface area contributed by atoms with E-state index in [4.69, 9.17) is 10.8 Å². The van der Waals surface area contributed by atoms with E-state index in [1.807, 2.05) is 0 Å². The molecule has 0 saturated heterocycles. The molecule has 3 N–H and O–H groups in total. The molecule has 2 aromatic rings. The van der Waals surface area contributed by atoms with Crippen LogP contribution in [0.5, 0.6) is 5.75 Å². The average Bonchev–Trinajstić information content (AvgIpc) is 2.45. The highest BCUT2D eigenvalue weighted by Gasteiger charge is 2.31. The van der Waals surface area contributed by atoms with Crippen molar-refractivity contribution in [3.8, 4) is 5.75 Å². The predicted molar refractivity (Wildman–Crippen MR) is 72.6 cm³/mol. The lowest BCUT2D eigenvalue weighted by molar-refractivity contribution is -0.274. The molecule has 0 amide bonds. The van der Waals surface area contributed by atoms with Crippen molar-refractivity contribution in [3.63, 3.8) is 0 Å². The van der Waals surface area contributed by atoms with Crippen molar-refractivity contribution in [1.82, 2.24) is 0 Å². The normalized spacial score (nSPS) is 12.7. The third-order valence-electron chi connectivity index (χ3n) is 3.00. The van der Waals surface area contributed by atoms with Gasteiger partial charge in [-0.3, -0.25) is 0 Å². The van der Waals surface area contributed by atoms with Crippen LogP contribution in [0.4, 0.5) is 13.2 Å². The highest BCUT2D eigenvalue weighted by atomic mass is 19.4. The van der Waals surface area contributed by atoms with Crippen molar-refractivity contribution >= 4 is 5.97 Å². The fourth-order valence-corrected chi connectivity index (χ4v) is 2.02. The number of rotatable bonds is 4. The number of carboxylic acid groups (broad SMARTS) is 1. The van der Waals surface area contributed by atoms with Crippen molar-refractivity contribution in [1.29, 1.82) is 0 Å². The van der Waals surface area contributed by atoms with Crippen LogP contribution in [0, 0.1) is 0 Å². The second kappa shape index (κ2) is 6.07. The van der Waals surface area contributed by atoms with Gasteiger partial charge in [0, 0.05) is 0 Å². The second-order valence-corrected chi connectivity index (χ2v) is 4.49. The van der Waals surface area contributed by atoms with Crippen LogP contribution in [0.15, 0.2) is 48.5 Å². The van der Waals surface area contributed by atoms with Gasteiger partial charge in [0.05, 0.1) is 11.6 Å². The maximum absolute atomic E-state index is 12.1. The number of carbonyl (C=O) groups is 1. The summed E-state index contributed by atoms with van der Waals surface area (Å²) in [5.74, 6) is -1.49. The van der Waals surface area contributed by atoms with E-state index in [0.29, 0.717) is 11.1 Å². The van der Waals surface area contributed by atoms with Gasteiger partial charge < -0.3 is 15.6 Å². The maximum Gasteiger partial charge on any atom is 0.573 e. The Labute approximate surface area is 123 Å². The largest absolute Gasteiger partial charge is 0.573 e.